The highest BCUT2D eigenvalue weighted by molar-refractivity contribution is 5.18. The Balaban J connectivity index is 6.85. The summed E-state index contributed by atoms with van der Waals surface area (Å²) in [5, 5.41) is 0. The predicted molar refractivity (Wildman–Crippen MR) is 47.6 cm³/mol. The van der Waals surface area contributed by atoms with Crippen molar-refractivity contribution in [3.8, 4) is 0 Å². The van der Waals surface area contributed by atoms with E-state index in [-0.39, 0.29) is 7.11 Å². The molecule has 0 fully saturated rings. The number of hydrogen-bond acceptors (Lipinski definition) is 1. The summed E-state index contributed by atoms with van der Waals surface area (Å²) in [5.41, 5.74) is -8.31. The Morgan fingerprint density at radius 3 is 1.12 bits per heavy atom. The van der Waals surface area contributed by atoms with Crippen LogP contribution in [0.3, 0.4) is 0 Å². The van der Waals surface area contributed by atoms with Crippen LogP contribution in [0.15, 0.2) is 0 Å². The Kier molecular flexibility index (Phi) is 5.71. The van der Waals surface area contributed by atoms with Crippen LogP contribution in [0.4, 0.5) is 65.9 Å². The van der Waals surface area contributed by atoms with Crippen LogP contribution in [0.25, 0.3) is 0 Å². The Bertz CT molecular complexity index is 474. The van der Waals surface area contributed by atoms with Crippen molar-refractivity contribution in [3.63, 3.8) is 0 Å². The van der Waals surface area contributed by atoms with Crippen LogP contribution in [-0.4, -0.2) is 55.4 Å². The molecule has 1 unspecified atom stereocenters. The molecule has 0 aromatic rings. The van der Waals surface area contributed by atoms with Crippen molar-refractivity contribution in [2.75, 3.05) is 13.7 Å². The second kappa shape index (κ2) is 5.97. The third-order valence-corrected chi connectivity index (χ3v) is 2.79. The fraction of sp³-hybridized carbons (Fsp3) is 1.00. The largest absolute Gasteiger partial charge is 0.460 e. The minimum absolute atomic E-state index is 0.0972. The van der Waals surface area contributed by atoms with E-state index < -0.39 is 48.3 Å². The lowest BCUT2D eigenvalue weighted by Crippen LogP contribution is -2.77. The summed E-state index contributed by atoms with van der Waals surface area (Å²) in [6.07, 6.45) is -15.7. The van der Waals surface area contributed by atoms with E-state index in [0.717, 1.165) is 0 Å². The number of ether oxygens (including phenoxy) is 1. The molecule has 0 aliphatic heterocycles. The van der Waals surface area contributed by atoms with E-state index in [1.807, 2.05) is 0 Å². The number of rotatable bonds is 6. The Labute approximate surface area is 127 Å². The van der Waals surface area contributed by atoms with E-state index in [1.165, 1.54) is 0 Å². The minimum atomic E-state index is -8.38. The molecular formula is C9H5F15O. The van der Waals surface area contributed by atoms with E-state index in [0.29, 0.717) is 0 Å². The molecule has 0 heterocycles. The van der Waals surface area contributed by atoms with Crippen molar-refractivity contribution in [1.29, 1.82) is 0 Å². The minimum Gasteiger partial charge on any atom is -0.378 e. The van der Waals surface area contributed by atoms with Gasteiger partial charge in [-0.25, -0.2) is 4.39 Å². The molecule has 1 nitrogen and oxygen atoms in total. The zero-order chi connectivity index (χ0) is 20.9. The third-order valence-electron chi connectivity index (χ3n) is 2.79. The maximum atomic E-state index is 13.6. The smallest absolute Gasteiger partial charge is 0.378 e. The van der Waals surface area contributed by atoms with Gasteiger partial charge in [0.25, 0.3) is 0 Å². The van der Waals surface area contributed by atoms with Gasteiger partial charge in [0, 0.05) is 7.11 Å². The van der Waals surface area contributed by atoms with Crippen molar-refractivity contribution < 1.29 is 70.6 Å². The van der Waals surface area contributed by atoms with Crippen molar-refractivity contribution in [2.24, 2.45) is 0 Å². The molecule has 16 heteroatoms. The second-order valence-corrected chi connectivity index (χ2v) is 4.51. The molecule has 0 aromatic heterocycles. The molecule has 0 N–H and O–H groups in total. The van der Waals surface area contributed by atoms with Gasteiger partial charge in [-0.3, -0.25) is 0 Å². The third kappa shape index (κ3) is 3.09. The van der Waals surface area contributed by atoms with Crippen LogP contribution in [0, 0.1) is 0 Å². The summed E-state index contributed by atoms with van der Waals surface area (Å²) in [6.45, 7) is -2.91. The van der Waals surface area contributed by atoms with Crippen LogP contribution >= 0.6 is 0 Å². The first-order valence-electron chi connectivity index (χ1n) is 5.39. The van der Waals surface area contributed by atoms with Crippen molar-refractivity contribution in [2.45, 2.75) is 41.7 Å². The number of methoxy groups -OCH3 is 1. The highest BCUT2D eigenvalue weighted by Gasteiger charge is 2.96. The maximum absolute atomic E-state index is 13.6. The van der Waals surface area contributed by atoms with Crippen LogP contribution in [-0.2, 0) is 4.74 Å². The Morgan fingerprint density at radius 2 is 0.880 bits per heavy atom. The topological polar surface area (TPSA) is 9.23 Å². The molecule has 0 saturated carbocycles. The number of halogens is 15. The summed E-state index contributed by atoms with van der Waals surface area (Å²) >= 11 is 0. The van der Waals surface area contributed by atoms with Crippen molar-refractivity contribution in [1.82, 2.24) is 0 Å². The first kappa shape index (κ1) is 23.9. The average molecular weight is 414 g/mol. The molecule has 0 radical (unpaired) electrons. The molecular weight excluding hydrogens is 409 g/mol. The molecule has 152 valence electrons. The molecule has 0 amide bonds. The second-order valence-electron chi connectivity index (χ2n) is 4.51. The van der Waals surface area contributed by atoms with Crippen LogP contribution in [0.5, 0.6) is 0 Å². The van der Waals surface area contributed by atoms with Gasteiger partial charge in [-0.2, -0.15) is 61.5 Å². The Hall–Kier alpha value is -1.09. The van der Waals surface area contributed by atoms with Gasteiger partial charge < -0.3 is 4.74 Å². The van der Waals surface area contributed by atoms with E-state index in [2.05, 4.69) is 4.74 Å². The number of hydrogen-bond donors (Lipinski definition) is 0. The molecule has 0 aliphatic rings. The lowest BCUT2D eigenvalue weighted by Gasteiger charge is -2.44. The van der Waals surface area contributed by atoms with Crippen LogP contribution in [0.1, 0.15) is 0 Å². The first-order chi connectivity index (χ1) is 10.6. The standard InChI is InChI=1S/C9H5F15O/c1-25-2-3(10,11)5(13,14)4(12,8(19,20)21)6(15,16)7(17,18)9(22,23)24/h2H2,1H3. The predicted octanol–water partition coefficient (Wildman–Crippen LogP) is 5.01. The lowest BCUT2D eigenvalue weighted by molar-refractivity contribution is -0.458. The molecule has 1 atom stereocenters. The van der Waals surface area contributed by atoms with Crippen molar-refractivity contribution in [3.05, 3.63) is 0 Å². The maximum Gasteiger partial charge on any atom is 0.460 e. The summed E-state index contributed by atoms with van der Waals surface area (Å²) in [4.78, 5) is 0. The fourth-order valence-corrected chi connectivity index (χ4v) is 1.47. The van der Waals surface area contributed by atoms with Crippen LogP contribution in [0.2, 0.25) is 0 Å². The lowest BCUT2D eigenvalue weighted by atomic mass is 9.82. The highest BCUT2D eigenvalue weighted by atomic mass is 19.4. The van der Waals surface area contributed by atoms with Gasteiger partial charge in [-0.05, 0) is 0 Å². The molecule has 25 heavy (non-hydrogen) atoms. The van der Waals surface area contributed by atoms with E-state index >= 15 is 0 Å². The quantitative estimate of drug-likeness (QED) is 0.556. The highest BCUT2D eigenvalue weighted by Crippen LogP contribution is 2.64. The van der Waals surface area contributed by atoms with Gasteiger partial charge in [-0.15, -0.1) is 0 Å². The molecule has 0 aliphatic carbocycles. The summed E-state index contributed by atoms with van der Waals surface area (Å²) in [5.74, 6) is -30.8. The summed E-state index contributed by atoms with van der Waals surface area (Å²) in [7, 11) is 0.0972. The van der Waals surface area contributed by atoms with Crippen molar-refractivity contribution >= 4 is 0 Å². The summed E-state index contributed by atoms with van der Waals surface area (Å²) in [6, 6.07) is 0. The van der Waals surface area contributed by atoms with Gasteiger partial charge >= 0.3 is 41.7 Å². The SMILES string of the molecule is COCC(F)(F)C(F)(F)C(F)(C(F)(F)F)C(F)(F)C(F)(F)C(F)(F)F. The van der Waals surface area contributed by atoms with E-state index in [1.54, 1.807) is 0 Å². The van der Waals surface area contributed by atoms with Gasteiger partial charge in [0.15, 0.2) is 0 Å². The van der Waals surface area contributed by atoms with Gasteiger partial charge in [0.05, 0.1) is 0 Å². The normalized spacial score (nSPS) is 18.2. The van der Waals surface area contributed by atoms with E-state index in [4.69, 9.17) is 0 Å². The molecule has 0 saturated heterocycles. The van der Waals surface area contributed by atoms with Gasteiger partial charge in [-0.1, -0.05) is 0 Å². The molecule has 0 aromatic carbocycles. The van der Waals surface area contributed by atoms with Crippen LogP contribution < -0.4 is 0 Å². The molecule has 0 bridgehead atoms. The zero-order valence-electron chi connectivity index (χ0n) is 11.3. The van der Waals surface area contributed by atoms with Gasteiger partial charge in [0.2, 0.25) is 0 Å². The zero-order valence-corrected chi connectivity index (χ0v) is 11.3. The Morgan fingerprint density at radius 1 is 0.520 bits per heavy atom. The van der Waals surface area contributed by atoms with Gasteiger partial charge in [0.1, 0.15) is 6.61 Å². The monoisotopic (exact) mass is 414 g/mol. The first-order valence-corrected chi connectivity index (χ1v) is 5.39. The molecule has 0 rings (SSSR count). The number of alkyl halides is 15. The average Bonchev–Trinajstić information content (AvgIpc) is 2.33. The fourth-order valence-electron chi connectivity index (χ4n) is 1.47. The summed E-state index contributed by atoms with van der Waals surface area (Å²) < 4.78 is 193. The molecule has 0 spiro atoms. The van der Waals surface area contributed by atoms with E-state index in [9.17, 15) is 65.9 Å².